The Morgan fingerprint density at radius 2 is 1.38 bits per heavy atom. The van der Waals surface area contributed by atoms with Gasteiger partial charge in [0, 0.05) is 24.2 Å². The molecule has 5 rings (SSSR count). The number of hydrogen-bond donors (Lipinski definition) is 0. The Kier molecular flexibility index (Phi) is 4.19. The molecule has 5 heteroatoms. The molecule has 2 aromatic carbocycles. The van der Waals surface area contributed by atoms with Crippen molar-refractivity contribution in [2.45, 2.75) is 25.2 Å². The van der Waals surface area contributed by atoms with Crippen LogP contribution < -0.4 is 4.74 Å². The van der Waals surface area contributed by atoms with Gasteiger partial charge < -0.3 is 4.74 Å². The summed E-state index contributed by atoms with van der Waals surface area (Å²) in [6, 6.07) is 16.3. The van der Waals surface area contributed by atoms with Crippen molar-refractivity contribution in [2.24, 2.45) is 23.7 Å². The second-order valence-electron chi connectivity index (χ2n) is 8.24. The molecule has 0 heterocycles. The van der Waals surface area contributed by atoms with Crippen LogP contribution in [0.2, 0.25) is 0 Å². The molecule has 0 spiro atoms. The molecule has 3 aliphatic rings. The van der Waals surface area contributed by atoms with Crippen molar-refractivity contribution in [3.05, 3.63) is 60.2 Å². The molecule has 5 nitrogen and oxygen atoms in total. The topological polar surface area (TPSA) is 77.5 Å². The first kappa shape index (κ1) is 18.0. The molecule has 5 atom stereocenters. The Balaban J connectivity index is 1.40. The molecule has 3 aliphatic carbocycles. The summed E-state index contributed by atoms with van der Waals surface area (Å²) in [5, 5.41) is 0. The second kappa shape index (κ2) is 6.76. The van der Waals surface area contributed by atoms with Gasteiger partial charge in [-0.25, -0.2) is 0 Å². The van der Waals surface area contributed by atoms with Gasteiger partial charge in [-0.05, 0) is 42.2 Å². The lowest BCUT2D eigenvalue weighted by molar-refractivity contribution is -0.140. The molecule has 0 aliphatic heterocycles. The van der Waals surface area contributed by atoms with E-state index in [0.717, 1.165) is 0 Å². The molecule has 146 valence electrons. The van der Waals surface area contributed by atoms with Gasteiger partial charge in [-0.3, -0.25) is 19.2 Å². The van der Waals surface area contributed by atoms with Gasteiger partial charge in [-0.1, -0.05) is 30.3 Å². The number of rotatable bonds is 3. The summed E-state index contributed by atoms with van der Waals surface area (Å²) in [5.41, 5.74) is 0.624. The molecule has 5 unspecified atom stereocenters. The van der Waals surface area contributed by atoms with Crippen LogP contribution >= 0.6 is 0 Å². The third-order valence-electron chi connectivity index (χ3n) is 6.66. The Labute approximate surface area is 168 Å². The van der Waals surface area contributed by atoms with Crippen LogP contribution in [0, 0.1) is 23.7 Å². The second-order valence-corrected chi connectivity index (χ2v) is 8.24. The van der Waals surface area contributed by atoms with Gasteiger partial charge in [0.15, 0.2) is 5.78 Å². The smallest absolute Gasteiger partial charge is 0.151 e. The predicted octanol–water partition coefficient (Wildman–Crippen LogP) is 3.51. The monoisotopic (exact) mass is 388 g/mol. The highest BCUT2D eigenvalue weighted by Gasteiger charge is 2.59. The molecule has 3 fully saturated rings. The Hall–Kier alpha value is -3.08. The van der Waals surface area contributed by atoms with Crippen LogP contribution in [-0.2, 0) is 19.2 Å². The maximum atomic E-state index is 13.3. The number of fused-ring (bicyclic) bond motifs is 5. The van der Waals surface area contributed by atoms with E-state index in [1.807, 2.05) is 30.3 Å². The summed E-state index contributed by atoms with van der Waals surface area (Å²) in [7, 11) is 0. The van der Waals surface area contributed by atoms with Gasteiger partial charge in [0.1, 0.15) is 34.8 Å². The molecule has 0 aromatic heterocycles. The molecule has 0 amide bonds. The van der Waals surface area contributed by atoms with Crippen molar-refractivity contribution >= 4 is 23.1 Å². The van der Waals surface area contributed by atoms with E-state index in [2.05, 4.69) is 0 Å². The quantitative estimate of drug-likeness (QED) is 0.752. The lowest BCUT2D eigenvalue weighted by atomic mass is 9.68. The highest BCUT2D eigenvalue weighted by Crippen LogP contribution is 2.53. The highest BCUT2D eigenvalue weighted by atomic mass is 16.5. The lowest BCUT2D eigenvalue weighted by Crippen LogP contribution is -2.41. The van der Waals surface area contributed by atoms with Crippen molar-refractivity contribution in [3.8, 4) is 11.5 Å². The zero-order valence-electron chi connectivity index (χ0n) is 15.7. The van der Waals surface area contributed by atoms with Crippen LogP contribution in [0.4, 0.5) is 0 Å². The lowest BCUT2D eigenvalue weighted by Gasteiger charge is -2.32. The van der Waals surface area contributed by atoms with E-state index < -0.39 is 17.8 Å². The third kappa shape index (κ3) is 2.92. The molecule has 0 N–H and O–H groups in total. The molecule has 3 saturated carbocycles. The van der Waals surface area contributed by atoms with Gasteiger partial charge >= 0.3 is 0 Å². The average molecular weight is 388 g/mol. The van der Waals surface area contributed by atoms with Crippen LogP contribution in [0.5, 0.6) is 11.5 Å². The zero-order valence-corrected chi connectivity index (χ0v) is 15.7. The van der Waals surface area contributed by atoms with Gasteiger partial charge in [0.05, 0.1) is 6.42 Å². The molecule has 0 saturated heterocycles. The molecule has 29 heavy (non-hydrogen) atoms. The standard InChI is InChI=1S/C24H20O5/c25-19-12-20(26)18-10-16(19)17-11-21(27)22(24(28)23(17)18)13-6-8-15(9-7-13)29-14-4-2-1-3-5-14/h1-9,16-18,22-23H,10-12H2. The van der Waals surface area contributed by atoms with E-state index in [1.165, 1.54) is 0 Å². The molecule has 2 aromatic rings. The van der Waals surface area contributed by atoms with Crippen LogP contribution in [0.1, 0.15) is 30.7 Å². The number of benzene rings is 2. The predicted molar refractivity (Wildman–Crippen MR) is 104 cm³/mol. The van der Waals surface area contributed by atoms with Crippen molar-refractivity contribution < 1.29 is 23.9 Å². The Morgan fingerprint density at radius 1 is 0.724 bits per heavy atom. The number of hydrogen-bond acceptors (Lipinski definition) is 5. The van der Waals surface area contributed by atoms with Crippen LogP contribution in [0.3, 0.4) is 0 Å². The normalized spacial score (nSPS) is 31.0. The fraction of sp³-hybridized carbons (Fsp3) is 0.333. The van der Waals surface area contributed by atoms with E-state index in [1.54, 1.807) is 24.3 Å². The highest BCUT2D eigenvalue weighted by molar-refractivity contribution is 6.15. The summed E-state index contributed by atoms with van der Waals surface area (Å²) in [5.74, 6) is -1.61. The maximum absolute atomic E-state index is 13.3. The summed E-state index contributed by atoms with van der Waals surface area (Å²) >= 11 is 0. The van der Waals surface area contributed by atoms with Crippen molar-refractivity contribution in [1.29, 1.82) is 0 Å². The summed E-state index contributed by atoms with van der Waals surface area (Å²) in [6.45, 7) is 0. The minimum atomic E-state index is -0.857. The van der Waals surface area contributed by atoms with E-state index in [-0.39, 0.29) is 47.8 Å². The fourth-order valence-corrected chi connectivity index (χ4v) is 5.36. The van der Waals surface area contributed by atoms with Gasteiger partial charge in [0.25, 0.3) is 0 Å². The minimum absolute atomic E-state index is 0.0833. The first-order valence-corrected chi connectivity index (χ1v) is 9.97. The van der Waals surface area contributed by atoms with Gasteiger partial charge in [0.2, 0.25) is 0 Å². The summed E-state index contributed by atoms with van der Waals surface area (Å²) in [6.07, 6.45) is 0.548. The molecule has 2 bridgehead atoms. The Morgan fingerprint density at radius 3 is 2.10 bits per heavy atom. The number of Topliss-reactive ketones (excluding diaryl/α,β-unsaturated/α-hetero) is 4. The Bertz CT molecular complexity index is 1010. The number of para-hydroxylation sites is 1. The fourth-order valence-electron chi connectivity index (χ4n) is 5.36. The molecule has 0 radical (unpaired) electrons. The van der Waals surface area contributed by atoms with Crippen LogP contribution in [0.25, 0.3) is 0 Å². The van der Waals surface area contributed by atoms with Crippen LogP contribution in [0.15, 0.2) is 54.6 Å². The largest absolute Gasteiger partial charge is 0.457 e. The van der Waals surface area contributed by atoms with Gasteiger partial charge in [-0.15, -0.1) is 0 Å². The van der Waals surface area contributed by atoms with Crippen molar-refractivity contribution in [2.75, 3.05) is 0 Å². The summed E-state index contributed by atoms with van der Waals surface area (Å²) < 4.78 is 5.77. The summed E-state index contributed by atoms with van der Waals surface area (Å²) in [4.78, 5) is 50.7. The van der Waals surface area contributed by atoms with E-state index in [0.29, 0.717) is 23.5 Å². The maximum Gasteiger partial charge on any atom is 0.151 e. The van der Waals surface area contributed by atoms with E-state index in [9.17, 15) is 19.2 Å². The number of ketones is 4. The number of carbonyl (C=O) groups excluding carboxylic acids is 4. The van der Waals surface area contributed by atoms with Crippen molar-refractivity contribution in [3.63, 3.8) is 0 Å². The zero-order chi connectivity index (χ0) is 20.1. The van der Waals surface area contributed by atoms with Crippen LogP contribution in [-0.4, -0.2) is 23.1 Å². The van der Waals surface area contributed by atoms with Crippen molar-refractivity contribution in [1.82, 2.24) is 0 Å². The third-order valence-corrected chi connectivity index (χ3v) is 6.66. The van der Waals surface area contributed by atoms with E-state index >= 15 is 0 Å². The molecular weight excluding hydrogens is 368 g/mol. The number of carbonyl (C=O) groups is 4. The first-order valence-electron chi connectivity index (χ1n) is 9.97. The average Bonchev–Trinajstić information content (AvgIpc) is 3.05. The SMILES string of the molecule is O=C1CC2C3CC(C(=O)CC3=O)C2C(=O)C1c1ccc(Oc2ccccc2)cc1. The molecular formula is C24H20O5. The minimum Gasteiger partial charge on any atom is -0.457 e. The van der Waals surface area contributed by atoms with E-state index in [4.69, 9.17) is 4.74 Å². The van der Waals surface area contributed by atoms with Gasteiger partial charge in [-0.2, -0.15) is 0 Å². The number of ether oxygens (including phenoxy) is 1. The first-order chi connectivity index (χ1) is 14.0.